The molecule has 0 rings (SSSR count). The molecule has 0 aromatic carbocycles. The Labute approximate surface area is 95.7 Å². The molecule has 0 radical (unpaired) electrons. The normalized spacial score (nSPS) is 12.4. The molecule has 6 nitrogen and oxygen atoms in total. The Morgan fingerprint density at radius 2 is 1.00 bits per heavy atom. The molecule has 0 aromatic rings. The number of urea groups is 2. The number of nitrogens with zero attached hydrogens (tertiary/aromatic N) is 4. The molecule has 0 saturated carbocycles. The summed E-state index contributed by atoms with van der Waals surface area (Å²) in [6, 6.07) is -0.742. The minimum atomic E-state index is -0.371. The molecule has 0 aliphatic rings. The summed E-state index contributed by atoms with van der Waals surface area (Å²) in [4.78, 5) is 32.8. The highest BCUT2D eigenvalue weighted by molar-refractivity contribution is 6.43. The number of carbonyl (C=O) groups excluding carboxylic acids is 2. The minimum absolute atomic E-state index is 0.371. The smallest absolute Gasteiger partial charge is 0.329 e. The molecule has 4 amide bonds. The Morgan fingerprint density at radius 1 is 0.750 bits per heavy atom. The second-order valence-corrected chi connectivity index (χ2v) is 3.75. The fourth-order valence-electron chi connectivity index (χ4n) is 0.649. The lowest BCUT2D eigenvalue weighted by Crippen LogP contribution is -2.23. The maximum atomic E-state index is 11.3. The van der Waals surface area contributed by atoms with Crippen LogP contribution in [0.5, 0.6) is 0 Å². The van der Waals surface area contributed by atoms with Crippen LogP contribution in [-0.4, -0.2) is 61.5 Å². The van der Waals surface area contributed by atoms with E-state index in [-0.39, 0.29) is 12.1 Å². The third kappa shape index (κ3) is 4.68. The van der Waals surface area contributed by atoms with Gasteiger partial charge in [0.15, 0.2) is 0 Å². The molecule has 0 unspecified atom stereocenters. The molecule has 0 bridgehead atoms. The molecular formula is C10H18N4O2. The predicted molar refractivity (Wildman–Crippen MR) is 64.4 cm³/mol. The summed E-state index contributed by atoms with van der Waals surface area (Å²) in [6.07, 6.45) is 0. The first-order valence-corrected chi connectivity index (χ1v) is 4.79. The van der Waals surface area contributed by atoms with Crippen LogP contribution in [0.4, 0.5) is 9.59 Å². The molecule has 0 aromatic heterocycles. The Morgan fingerprint density at radius 3 is 1.19 bits per heavy atom. The SMILES string of the molecule is CC(=N\C(=O)N(C)C)/C(C)=N/C(=O)N(C)C. The first kappa shape index (κ1) is 14.3. The van der Waals surface area contributed by atoms with E-state index in [1.807, 2.05) is 0 Å². The molecule has 6 heteroatoms. The number of hydrogen-bond donors (Lipinski definition) is 0. The summed E-state index contributed by atoms with van der Waals surface area (Å²) in [5, 5.41) is 0. The van der Waals surface area contributed by atoms with Crippen molar-refractivity contribution < 1.29 is 9.59 Å². The average Bonchev–Trinajstić information content (AvgIpc) is 2.16. The second kappa shape index (κ2) is 5.99. The topological polar surface area (TPSA) is 65.3 Å². The lowest BCUT2D eigenvalue weighted by atomic mass is 10.3. The van der Waals surface area contributed by atoms with Crippen LogP contribution in [0.1, 0.15) is 13.8 Å². The van der Waals surface area contributed by atoms with Gasteiger partial charge in [-0.25, -0.2) is 9.59 Å². The van der Waals surface area contributed by atoms with Gasteiger partial charge < -0.3 is 9.80 Å². The lowest BCUT2D eigenvalue weighted by Gasteiger charge is -2.08. The Balaban J connectivity index is 4.80. The van der Waals surface area contributed by atoms with Gasteiger partial charge in [0.05, 0.1) is 11.4 Å². The molecule has 16 heavy (non-hydrogen) atoms. The number of aliphatic imine (C=N–C) groups is 2. The van der Waals surface area contributed by atoms with Crippen molar-refractivity contribution in [1.82, 2.24) is 9.80 Å². The average molecular weight is 226 g/mol. The standard InChI is InChI=1S/C10H18N4O2/c1-7(11-9(15)13(3)4)8(2)12-10(16)14(5)6/h1-6H3/b11-7+,12-8+. The van der Waals surface area contributed by atoms with E-state index in [2.05, 4.69) is 9.98 Å². The van der Waals surface area contributed by atoms with Crippen LogP contribution in [0.15, 0.2) is 9.98 Å². The molecule has 0 N–H and O–H groups in total. The van der Waals surface area contributed by atoms with Gasteiger partial charge in [0.2, 0.25) is 0 Å². The second-order valence-electron chi connectivity index (χ2n) is 3.75. The fourth-order valence-corrected chi connectivity index (χ4v) is 0.649. The minimum Gasteiger partial charge on any atom is -0.329 e. The van der Waals surface area contributed by atoms with Crippen LogP contribution in [0, 0.1) is 0 Å². The van der Waals surface area contributed by atoms with Gasteiger partial charge in [0.25, 0.3) is 0 Å². The molecule has 0 heterocycles. The van der Waals surface area contributed by atoms with E-state index >= 15 is 0 Å². The van der Waals surface area contributed by atoms with E-state index < -0.39 is 0 Å². The van der Waals surface area contributed by atoms with E-state index in [1.165, 1.54) is 9.80 Å². The third-order valence-electron chi connectivity index (χ3n) is 1.82. The van der Waals surface area contributed by atoms with Gasteiger partial charge in [-0.2, -0.15) is 9.98 Å². The number of carbonyl (C=O) groups is 2. The van der Waals surface area contributed by atoms with Crippen molar-refractivity contribution in [2.75, 3.05) is 28.2 Å². The molecular weight excluding hydrogens is 208 g/mol. The van der Waals surface area contributed by atoms with E-state index in [0.29, 0.717) is 11.4 Å². The molecule has 0 aliphatic carbocycles. The molecule has 0 saturated heterocycles. The van der Waals surface area contributed by atoms with Crippen molar-refractivity contribution >= 4 is 23.5 Å². The number of hydrogen-bond acceptors (Lipinski definition) is 2. The first-order valence-electron chi connectivity index (χ1n) is 4.79. The summed E-state index contributed by atoms with van der Waals surface area (Å²) >= 11 is 0. The van der Waals surface area contributed by atoms with Gasteiger partial charge in [-0.3, -0.25) is 0 Å². The molecule has 0 fully saturated rings. The van der Waals surface area contributed by atoms with Crippen LogP contribution < -0.4 is 0 Å². The van der Waals surface area contributed by atoms with Crippen molar-refractivity contribution in [3.63, 3.8) is 0 Å². The van der Waals surface area contributed by atoms with Crippen LogP contribution in [-0.2, 0) is 0 Å². The monoisotopic (exact) mass is 226 g/mol. The molecule has 0 atom stereocenters. The quantitative estimate of drug-likeness (QED) is 0.632. The van der Waals surface area contributed by atoms with Gasteiger partial charge in [-0.1, -0.05) is 0 Å². The number of rotatable bonds is 1. The summed E-state index contributed by atoms with van der Waals surface area (Å²) in [5.74, 6) is 0. The van der Waals surface area contributed by atoms with Crippen LogP contribution in [0.25, 0.3) is 0 Å². The highest BCUT2D eigenvalue weighted by atomic mass is 16.2. The predicted octanol–water partition coefficient (Wildman–Crippen LogP) is 1.27. The van der Waals surface area contributed by atoms with Crippen molar-refractivity contribution in [2.45, 2.75) is 13.8 Å². The van der Waals surface area contributed by atoms with Gasteiger partial charge in [0.1, 0.15) is 0 Å². The van der Waals surface area contributed by atoms with Crippen molar-refractivity contribution in [3.05, 3.63) is 0 Å². The zero-order valence-corrected chi connectivity index (χ0v) is 10.6. The van der Waals surface area contributed by atoms with E-state index in [1.54, 1.807) is 42.0 Å². The first-order chi connectivity index (χ1) is 7.25. The largest absolute Gasteiger partial charge is 0.343 e. The number of amides is 4. The highest BCUT2D eigenvalue weighted by Crippen LogP contribution is 1.93. The molecule has 0 spiro atoms. The van der Waals surface area contributed by atoms with E-state index in [4.69, 9.17) is 0 Å². The van der Waals surface area contributed by atoms with Crippen LogP contribution in [0.2, 0.25) is 0 Å². The fraction of sp³-hybridized carbons (Fsp3) is 0.600. The zero-order valence-electron chi connectivity index (χ0n) is 10.6. The maximum Gasteiger partial charge on any atom is 0.343 e. The van der Waals surface area contributed by atoms with Crippen LogP contribution in [0.3, 0.4) is 0 Å². The summed E-state index contributed by atoms with van der Waals surface area (Å²) < 4.78 is 0. The van der Waals surface area contributed by atoms with E-state index in [9.17, 15) is 9.59 Å². The van der Waals surface area contributed by atoms with Gasteiger partial charge in [0, 0.05) is 28.2 Å². The van der Waals surface area contributed by atoms with Gasteiger partial charge in [-0.05, 0) is 13.8 Å². The van der Waals surface area contributed by atoms with Crippen molar-refractivity contribution in [1.29, 1.82) is 0 Å². The summed E-state index contributed by atoms with van der Waals surface area (Å²) in [7, 11) is 6.43. The van der Waals surface area contributed by atoms with Crippen LogP contribution >= 0.6 is 0 Å². The lowest BCUT2D eigenvalue weighted by molar-refractivity contribution is 0.226. The Kier molecular flexibility index (Phi) is 5.35. The van der Waals surface area contributed by atoms with E-state index in [0.717, 1.165) is 0 Å². The Hall–Kier alpha value is -1.72. The third-order valence-corrected chi connectivity index (χ3v) is 1.82. The van der Waals surface area contributed by atoms with Crippen molar-refractivity contribution in [3.8, 4) is 0 Å². The molecule has 90 valence electrons. The van der Waals surface area contributed by atoms with Crippen molar-refractivity contribution in [2.24, 2.45) is 9.98 Å². The highest BCUT2D eigenvalue weighted by Gasteiger charge is 2.07. The van der Waals surface area contributed by atoms with Gasteiger partial charge >= 0.3 is 12.1 Å². The summed E-state index contributed by atoms with van der Waals surface area (Å²) in [5.41, 5.74) is 0.878. The van der Waals surface area contributed by atoms with Gasteiger partial charge in [-0.15, -0.1) is 0 Å². The molecule has 0 aliphatic heterocycles. The Bertz CT molecular complexity index is 309. The zero-order chi connectivity index (χ0) is 12.9. The maximum absolute atomic E-state index is 11.3. The summed E-state index contributed by atoms with van der Waals surface area (Å²) in [6.45, 7) is 3.28.